The molecular weight excluding hydrogens is 352 g/mol. The van der Waals surface area contributed by atoms with Gasteiger partial charge in [0.25, 0.3) is 0 Å². The van der Waals surface area contributed by atoms with Crippen LogP contribution in [0.5, 0.6) is 0 Å². The Bertz CT molecular complexity index is 672. The topological polar surface area (TPSA) is 75.7 Å². The summed E-state index contributed by atoms with van der Waals surface area (Å²) in [5.74, 6) is -0.246. The third-order valence-electron chi connectivity index (χ3n) is 4.29. The molecule has 0 bridgehead atoms. The molecule has 0 radical (unpaired) electrons. The molecule has 1 saturated heterocycles. The van der Waals surface area contributed by atoms with Gasteiger partial charge in [-0.25, -0.2) is 12.7 Å². The molecule has 1 atom stereocenters. The second kappa shape index (κ2) is 8.29. The second-order valence-electron chi connectivity index (χ2n) is 5.93. The molecule has 0 aliphatic carbocycles. The quantitative estimate of drug-likeness (QED) is 0.824. The number of amides is 1. The standard InChI is InChI=1S/C16H23ClN2O4S/c1-23-15(13-5-3-4-6-14(13)17)11-18-16(20)12-7-9-19(10-8-12)24(2,21)22/h3-6,12,15H,7-11H2,1-2H3,(H,18,20). The monoisotopic (exact) mass is 374 g/mol. The molecule has 2 rings (SSSR count). The predicted octanol–water partition coefficient (Wildman–Crippen LogP) is 1.82. The average molecular weight is 375 g/mol. The number of benzene rings is 1. The van der Waals surface area contributed by atoms with Crippen LogP contribution in [-0.4, -0.2) is 51.6 Å². The van der Waals surface area contributed by atoms with Gasteiger partial charge >= 0.3 is 0 Å². The number of hydrogen-bond acceptors (Lipinski definition) is 4. The minimum absolute atomic E-state index is 0.0720. The van der Waals surface area contributed by atoms with Crippen LogP contribution in [0.15, 0.2) is 24.3 Å². The van der Waals surface area contributed by atoms with Crippen LogP contribution in [0.2, 0.25) is 5.02 Å². The summed E-state index contributed by atoms with van der Waals surface area (Å²) in [6.07, 6.45) is 1.93. The molecule has 1 heterocycles. The first-order chi connectivity index (χ1) is 11.3. The zero-order valence-electron chi connectivity index (χ0n) is 13.9. The van der Waals surface area contributed by atoms with Crippen molar-refractivity contribution in [2.24, 2.45) is 5.92 Å². The fourth-order valence-electron chi connectivity index (χ4n) is 2.84. The number of rotatable bonds is 6. The maximum atomic E-state index is 12.3. The first-order valence-corrected chi connectivity index (χ1v) is 10.1. The number of ether oxygens (including phenoxy) is 1. The van der Waals surface area contributed by atoms with E-state index < -0.39 is 10.0 Å². The Balaban J connectivity index is 1.88. The molecule has 1 amide bonds. The van der Waals surface area contributed by atoms with Crippen LogP contribution in [0.1, 0.15) is 24.5 Å². The van der Waals surface area contributed by atoms with Crippen LogP contribution in [0.25, 0.3) is 0 Å². The highest BCUT2D eigenvalue weighted by atomic mass is 35.5. The highest BCUT2D eigenvalue weighted by Crippen LogP contribution is 2.25. The van der Waals surface area contributed by atoms with Gasteiger partial charge in [0, 0.05) is 43.2 Å². The molecule has 6 nitrogen and oxygen atoms in total. The summed E-state index contributed by atoms with van der Waals surface area (Å²) in [6.45, 7) is 1.09. The van der Waals surface area contributed by atoms with Crippen molar-refractivity contribution in [2.45, 2.75) is 18.9 Å². The van der Waals surface area contributed by atoms with Gasteiger partial charge in [-0.2, -0.15) is 0 Å². The van der Waals surface area contributed by atoms with Gasteiger partial charge in [0.15, 0.2) is 0 Å². The van der Waals surface area contributed by atoms with Gasteiger partial charge in [-0.15, -0.1) is 0 Å². The lowest BCUT2D eigenvalue weighted by Crippen LogP contribution is -2.43. The Kier molecular flexibility index (Phi) is 6.62. The van der Waals surface area contributed by atoms with Crippen LogP contribution in [0, 0.1) is 5.92 Å². The van der Waals surface area contributed by atoms with Crippen molar-refractivity contribution >= 4 is 27.5 Å². The number of carbonyl (C=O) groups excluding carboxylic acids is 1. The minimum atomic E-state index is -3.18. The maximum Gasteiger partial charge on any atom is 0.223 e. The summed E-state index contributed by atoms with van der Waals surface area (Å²) < 4.78 is 29.8. The maximum absolute atomic E-state index is 12.3. The Morgan fingerprint density at radius 3 is 2.54 bits per heavy atom. The number of piperidine rings is 1. The van der Waals surface area contributed by atoms with Gasteiger partial charge in [0.05, 0.1) is 6.26 Å². The number of nitrogens with one attached hydrogen (secondary N) is 1. The Morgan fingerprint density at radius 2 is 2.00 bits per heavy atom. The molecule has 0 aromatic heterocycles. The number of methoxy groups -OCH3 is 1. The van der Waals surface area contributed by atoms with Crippen molar-refractivity contribution in [3.05, 3.63) is 34.9 Å². The largest absolute Gasteiger partial charge is 0.375 e. The van der Waals surface area contributed by atoms with Crippen LogP contribution in [0.3, 0.4) is 0 Å². The van der Waals surface area contributed by atoms with Gasteiger partial charge in [0.2, 0.25) is 15.9 Å². The summed E-state index contributed by atoms with van der Waals surface area (Å²) in [5, 5.41) is 3.49. The van der Waals surface area contributed by atoms with E-state index >= 15 is 0 Å². The van der Waals surface area contributed by atoms with Crippen molar-refractivity contribution in [1.82, 2.24) is 9.62 Å². The van der Waals surface area contributed by atoms with Crippen molar-refractivity contribution in [3.8, 4) is 0 Å². The molecule has 0 spiro atoms. The zero-order valence-corrected chi connectivity index (χ0v) is 15.4. The van der Waals surface area contributed by atoms with E-state index in [1.165, 1.54) is 10.6 Å². The molecule has 134 valence electrons. The van der Waals surface area contributed by atoms with E-state index in [-0.39, 0.29) is 17.9 Å². The molecule has 1 N–H and O–H groups in total. The van der Waals surface area contributed by atoms with E-state index in [1.807, 2.05) is 18.2 Å². The molecule has 1 aromatic carbocycles. The summed E-state index contributed by atoms with van der Waals surface area (Å²) in [4.78, 5) is 12.3. The number of halogens is 1. The van der Waals surface area contributed by atoms with Crippen LogP contribution in [0.4, 0.5) is 0 Å². The molecule has 24 heavy (non-hydrogen) atoms. The molecule has 1 aliphatic rings. The Morgan fingerprint density at radius 1 is 1.38 bits per heavy atom. The van der Waals surface area contributed by atoms with Crippen molar-refractivity contribution < 1.29 is 17.9 Å². The van der Waals surface area contributed by atoms with E-state index in [4.69, 9.17) is 16.3 Å². The normalized spacial score (nSPS) is 18.3. The third kappa shape index (κ3) is 4.92. The molecule has 0 saturated carbocycles. The molecular formula is C16H23ClN2O4S. The van der Waals surface area contributed by atoms with Crippen molar-refractivity contribution in [3.63, 3.8) is 0 Å². The van der Waals surface area contributed by atoms with E-state index in [9.17, 15) is 13.2 Å². The van der Waals surface area contributed by atoms with Crippen LogP contribution in [-0.2, 0) is 19.6 Å². The number of nitrogens with zero attached hydrogens (tertiary/aromatic N) is 1. The van der Waals surface area contributed by atoms with Gasteiger partial charge in [0.1, 0.15) is 6.10 Å². The van der Waals surface area contributed by atoms with Crippen molar-refractivity contribution in [2.75, 3.05) is 33.0 Å². The summed E-state index contributed by atoms with van der Waals surface area (Å²) in [5.41, 5.74) is 0.828. The molecule has 8 heteroatoms. The number of carbonyl (C=O) groups is 1. The lowest BCUT2D eigenvalue weighted by molar-refractivity contribution is -0.126. The highest BCUT2D eigenvalue weighted by Gasteiger charge is 2.29. The van der Waals surface area contributed by atoms with Gasteiger partial charge in [-0.1, -0.05) is 29.8 Å². The van der Waals surface area contributed by atoms with Crippen LogP contribution < -0.4 is 5.32 Å². The molecule has 1 unspecified atom stereocenters. The Labute approximate surface area is 148 Å². The van der Waals surface area contributed by atoms with Crippen molar-refractivity contribution in [1.29, 1.82) is 0 Å². The fourth-order valence-corrected chi connectivity index (χ4v) is 3.98. The summed E-state index contributed by atoms with van der Waals surface area (Å²) in [6, 6.07) is 7.36. The first-order valence-electron chi connectivity index (χ1n) is 7.83. The summed E-state index contributed by atoms with van der Waals surface area (Å²) >= 11 is 6.17. The smallest absolute Gasteiger partial charge is 0.223 e. The molecule has 1 aromatic rings. The van der Waals surface area contributed by atoms with E-state index in [1.54, 1.807) is 13.2 Å². The minimum Gasteiger partial charge on any atom is -0.375 e. The lowest BCUT2D eigenvalue weighted by atomic mass is 9.97. The first kappa shape index (κ1) is 19.2. The zero-order chi connectivity index (χ0) is 17.7. The molecule has 1 fully saturated rings. The SMILES string of the molecule is COC(CNC(=O)C1CCN(S(C)(=O)=O)CC1)c1ccccc1Cl. The lowest BCUT2D eigenvalue weighted by Gasteiger charge is -2.29. The van der Waals surface area contributed by atoms with E-state index in [0.29, 0.717) is 37.5 Å². The van der Waals surface area contributed by atoms with Gasteiger partial charge in [-0.3, -0.25) is 4.79 Å². The number of hydrogen-bond donors (Lipinski definition) is 1. The van der Waals surface area contributed by atoms with Gasteiger partial charge in [-0.05, 0) is 18.9 Å². The van der Waals surface area contributed by atoms with E-state index in [0.717, 1.165) is 5.56 Å². The average Bonchev–Trinajstić information content (AvgIpc) is 2.56. The van der Waals surface area contributed by atoms with Crippen LogP contribution >= 0.6 is 11.6 Å². The Hall–Kier alpha value is -1.15. The number of sulfonamides is 1. The van der Waals surface area contributed by atoms with Gasteiger partial charge < -0.3 is 10.1 Å². The third-order valence-corrected chi connectivity index (χ3v) is 5.94. The summed E-state index contributed by atoms with van der Waals surface area (Å²) in [7, 11) is -1.60. The highest BCUT2D eigenvalue weighted by molar-refractivity contribution is 7.88. The second-order valence-corrected chi connectivity index (χ2v) is 8.32. The molecule has 1 aliphatic heterocycles. The predicted molar refractivity (Wildman–Crippen MR) is 93.4 cm³/mol. The van der Waals surface area contributed by atoms with E-state index in [2.05, 4.69) is 5.32 Å². The fraction of sp³-hybridized carbons (Fsp3) is 0.562.